The molecule has 0 saturated carbocycles. The molecule has 2 atom stereocenters. The normalized spacial score (nSPS) is 19.8. The second-order valence-corrected chi connectivity index (χ2v) is 7.35. The fraction of sp³-hybridized carbons (Fsp3) is 0.300. The predicted molar refractivity (Wildman–Crippen MR) is 105 cm³/mol. The first kappa shape index (κ1) is 18.5. The van der Waals surface area contributed by atoms with E-state index in [-0.39, 0.29) is 30.5 Å². The highest BCUT2D eigenvalue weighted by Crippen LogP contribution is 2.33. The molecule has 26 heavy (non-hydrogen) atoms. The number of urea groups is 1. The van der Waals surface area contributed by atoms with Gasteiger partial charge in [-0.25, -0.2) is 4.79 Å². The maximum absolute atomic E-state index is 13.0. The van der Waals surface area contributed by atoms with Crippen LogP contribution in [0.1, 0.15) is 28.9 Å². The number of amides is 2. The zero-order valence-electron chi connectivity index (χ0n) is 14.6. The summed E-state index contributed by atoms with van der Waals surface area (Å²) in [5.41, 5.74) is 2.17. The summed E-state index contributed by atoms with van der Waals surface area (Å²) in [7, 11) is 0. The van der Waals surface area contributed by atoms with Crippen molar-refractivity contribution in [3.05, 3.63) is 65.7 Å². The zero-order valence-corrected chi connectivity index (χ0v) is 15.4. The van der Waals surface area contributed by atoms with Gasteiger partial charge in [0.1, 0.15) is 0 Å². The Bertz CT molecular complexity index is 782. The molecule has 0 aromatic heterocycles. The molecule has 2 N–H and O–H groups in total. The SMILES string of the molecule is CC(=O)c1cccc(NC(=O)N2[C@H](CO)CSC[C@@H]2c2ccccc2)c1. The molecular formula is C20H22N2O3S. The number of nitrogens with zero attached hydrogens (tertiary/aromatic N) is 1. The summed E-state index contributed by atoms with van der Waals surface area (Å²) < 4.78 is 0. The number of ketones is 1. The van der Waals surface area contributed by atoms with E-state index in [1.165, 1.54) is 6.92 Å². The van der Waals surface area contributed by atoms with Crippen LogP contribution in [0, 0.1) is 0 Å². The molecule has 5 nitrogen and oxygen atoms in total. The van der Waals surface area contributed by atoms with Crippen molar-refractivity contribution < 1.29 is 14.7 Å². The van der Waals surface area contributed by atoms with E-state index in [0.29, 0.717) is 17.0 Å². The first-order valence-electron chi connectivity index (χ1n) is 8.54. The minimum atomic E-state index is -0.265. The van der Waals surface area contributed by atoms with Gasteiger partial charge >= 0.3 is 6.03 Å². The van der Waals surface area contributed by atoms with Crippen LogP contribution in [0.25, 0.3) is 0 Å². The number of benzene rings is 2. The van der Waals surface area contributed by atoms with Gasteiger partial charge in [0, 0.05) is 22.8 Å². The highest BCUT2D eigenvalue weighted by Gasteiger charge is 2.35. The Balaban J connectivity index is 1.85. The summed E-state index contributed by atoms with van der Waals surface area (Å²) in [6.07, 6.45) is 0. The summed E-state index contributed by atoms with van der Waals surface area (Å²) in [4.78, 5) is 26.3. The number of nitrogens with one attached hydrogen (secondary N) is 1. The highest BCUT2D eigenvalue weighted by atomic mass is 32.2. The molecule has 2 aromatic carbocycles. The van der Waals surface area contributed by atoms with Crippen LogP contribution in [-0.4, -0.2) is 46.0 Å². The number of rotatable bonds is 4. The number of Topliss-reactive ketones (excluding diaryl/α,β-unsaturated/α-hetero) is 1. The van der Waals surface area contributed by atoms with E-state index >= 15 is 0 Å². The maximum Gasteiger partial charge on any atom is 0.322 e. The highest BCUT2D eigenvalue weighted by molar-refractivity contribution is 7.99. The van der Waals surface area contributed by atoms with Gasteiger partial charge in [0.05, 0.1) is 18.7 Å². The number of aliphatic hydroxyl groups excluding tert-OH is 1. The lowest BCUT2D eigenvalue weighted by Gasteiger charge is -2.41. The van der Waals surface area contributed by atoms with E-state index in [1.54, 1.807) is 40.9 Å². The molecule has 1 aliphatic heterocycles. The van der Waals surface area contributed by atoms with E-state index in [9.17, 15) is 14.7 Å². The quantitative estimate of drug-likeness (QED) is 0.807. The second-order valence-electron chi connectivity index (χ2n) is 6.27. The lowest BCUT2D eigenvalue weighted by molar-refractivity contribution is 0.101. The van der Waals surface area contributed by atoms with Crippen LogP contribution in [0.5, 0.6) is 0 Å². The summed E-state index contributed by atoms with van der Waals surface area (Å²) in [5, 5.41) is 12.7. The Hall–Kier alpha value is -2.31. The molecule has 0 radical (unpaired) electrons. The van der Waals surface area contributed by atoms with E-state index in [0.717, 1.165) is 11.3 Å². The molecule has 1 heterocycles. The van der Waals surface area contributed by atoms with Gasteiger partial charge in [-0.15, -0.1) is 0 Å². The molecule has 0 bridgehead atoms. The standard InChI is InChI=1S/C20H22N2O3S/c1-14(24)16-8-5-9-17(10-16)21-20(25)22-18(11-23)12-26-13-19(22)15-6-3-2-4-7-15/h2-10,18-19,23H,11-13H2,1H3,(H,21,25)/t18-,19-/m1/s1. The average molecular weight is 370 g/mol. The van der Waals surface area contributed by atoms with Crippen molar-refractivity contribution in [3.63, 3.8) is 0 Å². The van der Waals surface area contributed by atoms with Crippen LogP contribution < -0.4 is 5.32 Å². The van der Waals surface area contributed by atoms with Crippen LogP contribution in [0.15, 0.2) is 54.6 Å². The number of hydrogen-bond donors (Lipinski definition) is 2. The van der Waals surface area contributed by atoms with Gasteiger partial charge in [0.2, 0.25) is 0 Å². The minimum Gasteiger partial charge on any atom is -0.394 e. The summed E-state index contributed by atoms with van der Waals surface area (Å²) in [5.74, 6) is 1.42. The molecule has 2 amide bonds. The fourth-order valence-corrected chi connectivity index (χ4v) is 4.37. The number of carbonyl (C=O) groups excluding carboxylic acids is 2. The number of carbonyl (C=O) groups is 2. The Morgan fingerprint density at radius 3 is 2.62 bits per heavy atom. The monoisotopic (exact) mass is 370 g/mol. The number of hydrogen-bond acceptors (Lipinski definition) is 4. The Morgan fingerprint density at radius 2 is 1.92 bits per heavy atom. The largest absolute Gasteiger partial charge is 0.394 e. The first-order valence-corrected chi connectivity index (χ1v) is 9.69. The molecule has 0 spiro atoms. The van der Waals surface area contributed by atoms with E-state index < -0.39 is 0 Å². The Kier molecular flexibility index (Phi) is 5.96. The third-order valence-corrected chi connectivity index (χ3v) is 5.64. The Labute approximate surface area is 157 Å². The zero-order chi connectivity index (χ0) is 18.5. The van der Waals surface area contributed by atoms with Gasteiger partial charge in [-0.05, 0) is 24.6 Å². The van der Waals surface area contributed by atoms with Crippen LogP contribution in [-0.2, 0) is 0 Å². The maximum atomic E-state index is 13.0. The topological polar surface area (TPSA) is 69.6 Å². The molecular weight excluding hydrogens is 348 g/mol. The smallest absolute Gasteiger partial charge is 0.322 e. The lowest BCUT2D eigenvalue weighted by Crippen LogP contribution is -2.51. The van der Waals surface area contributed by atoms with Crippen molar-refractivity contribution in [2.45, 2.75) is 19.0 Å². The van der Waals surface area contributed by atoms with E-state index in [2.05, 4.69) is 5.32 Å². The fourth-order valence-electron chi connectivity index (χ4n) is 3.11. The molecule has 1 aliphatic rings. The predicted octanol–water partition coefficient (Wildman–Crippen LogP) is 3.57. The van der Waals surface area contributed by atoms with Crippen molar-refractivity contribution >= 4 is 29.3 Å². The van der Waals surface area contributed by atoms with Gasteiger partial charge in [-0.3, -0.25) is 4.79 Å². The van der Waals surface area contributed by atoms with Gasteiger partial charge in [0.25, 0.3) is 0 Å². The molecule has 0 aliphatic carbocycles. The van der Waals surface area contributed by atoms with Crippen LogP contribution in [0.2, 0.25) is 0 Å². The third kappa shape index (κ3) is 4.08. The molecule has 2 aromatic rings. The second kappa shape index (κ2) is 8.38. The molecule has 1 fully saturated rings. The molecule has 3 rings (SSSR count). The van der Waals surface area contributed by atoms with Crippen LogP contribution in [0.3, 0.4) is 0 Å². The van der Waals surface area contributed by atoms with E-state index in [4.69, 9.17) is 0 Å². The van der Waals surface area contributed by atoms with Crippen molar-refractivity contribution in [1.29, 1.82) is 0 Å². The first-order chi connectivity index (χ1) is 12.6. The molecule has 1 saturated heterocycles. The number of anilines is 1. The molecule has 136 valence electrons. The summed E-state index contributed by atoms with van der Waals surface area (Å²) in [6.45, 7) is 1.41. The van der Waals surface area contributed by atoms with Gasteiger partial charge < -0.3 is 15.3 Å². The average Bonchev–Trinajstić information content (AvgIpc) is 2.68. The van der Waals surface area contributed by atoms with Crippen LogP contribution >= 0.6 is 11.8 Å². The van der Waals surface area contributed by atoms with Crippen molar-refractivity contribution in [1.82, 2.24) is 4.90 Å². The van der Waals surface area contributed by atoms with Gasteiger partial charge in [-0.1, -0.05) is 42.5 Å². The number of aliphatic hydroxyl groups is 1. The number of thioether (sulfide) groups is 1. The van der Waals surface area contributed by atoms with Gasteiger partial charge in [0.15, 0.2) is 5.78 Å². The van der Waals surface area contributed by atoms with Crippen LogP contribution in [0.4, 0.5) is 10.5 Å². The minimum absolute atomic E-state index is 0.0501. The lowest BCUT2D eigenvalue weighted by atomic mass is 10.1. The van der Waals surface area contributed by atoms with Gasteiger partial charge in [-0.2, -0.15) is 11.8 Å². The summed E-state index contributed by atoms with van der Waals surface area (Å²) >= 11 is 1.74. The van der Waals surface area contributed by atoms with Crippen molar-refractivity contribution in [2.24, 2.45) is 0 Å². The Morgan fingerprint density at radius 1 is 1.15 bits per heavy atom. The third-order valence-electron chi connectivity index (χ3n) is 4.47. The molecule has 6 heteroatoms. The molecule has 0 unspecified atom stereocenters. The summed E-state index contributed by atoms with van der Waals surface area (Å²) in [6, 6.07) is 16.1. The van der Waals surface area contributed by atoms with Crippen molar-refractivity contribution in [3.8, 4) is 0 Å². The van der Waals surface area contributed by atoms with E-state index in [1.807, 2.05) is 30.3 Å². The van der Waals surface area contributed by atoms with Crippen molar-refractivity contribution in [2.75, 3.05) is 23.4 Å².